The van der Waals surface area contributed by atoms with Crippen LogP contribution in [-0.2, 0) is 6.42 Å². The summed E-state index contributed by atoms with van der Waals surface area (Å²) >= 11 is 0. The molecule has 0 saturated heterocycles. The highest BCUT2D eigenvalue weighted by molar-refractivity contribution is 5.65. The first-order valence-corrected chi connectivity index (χ1v) is 6.29. The molecule has 0 fully saturated rings. The molecule has 0 radical (unpaired) electrons. The van der Waals surface area contributed by atoms with Crippen LogP contribution in [0.1, 0.15) is 30.9 Å². The van der Waals surface area contributed by atoms with E-state index in [1.807, 2.05) is 7.05 Å². The summed E-state index contributed by atoms with van der Waals surface area (Å²) in [6.45, 7) is 7.94. The summed E-state index contributed by atoms with van der Waals surface area (Å²) < 4.78 is 0. The largest absolute Gasteiger partial charge is 0.371 e. The molecule has 0 aliphatic carbocycles. The monoisotopic (exact) mass is 218 g/mol. The van der Waals surface area contributed by atoms with Gasteiger partial charge in [0, 0.05) is 24.7 Å². The molecule has 2 heteroatoms. The zero-order chi connectivity index (χ0) is 11.5. The van der Waals surface area contributed by atoms with Gasteiger partial charge in [0.15, 0.2) is 0 Å². The Morgan fingerprint density at radius 1 is 1.44 bits per heavy atom. The van der Waals surface area contributed by atoms with Gasteiger partial charge in [0.1, 0.15) is 0 Å². The smallest absolute Gasteiger partial charge is 0.0435 e. The van der Waals surface area contributed by atoms with Crippen molar-refractivity contribution in [3.8, 4) is 0 Å². The molecule has 1 N–H and O–H groups in total. The second-order valence-electron chi connectivity index (χ2n) is 4.65. The van der Waals surface area contributed by atoms with Crippen LogP contribution in [0.25, 0.3) is 0 Å². The second-order valence-corrected chi connectivity index (χ2v) is 4.65. The van der Waals surface area contributed by atoms with Gasteiger partial charge < -0.3 is 10.2 Å². The van der Waals surface area contributed by atoms with Gasteiger partial charge in [-0.05, 0) is 38.1 Å². The average molecular weight is 218 g/mol. The summed E-state index contributed by atoms with van der Waals surface area (Å²) in [4.78, 5) is 2.52. The predicted octanol–water partition coefficient (Wildman–Crippen LogP) is 2.39. The lowest BCUT2D eigenvalue weighted by atomic mass is 9.99. The van der Waals surface area contributed by atoms with Gasteiger partial charge in [-0.2, -0.15) is 0 Å². The first-order chi connectivity index (χ1) is 7.77. The summed E-state index contributed by atoms with van der Waals surface area (Å²) in [5.41, 5.74) is 4.54. The van der Waals surface area contributed by atoms with E-state index in [2.05, 4.69) is 42.3 Å². The van der Waals surface area contributed by atoms with E-state index in [-0.39, 0.29) is 0 Å². The Labute approximate surface area is 98.7 Å². The first kappa shape index (κ1) is 11.5. The Hall–Kier alpha value is -1.02. The number of hydrogen-bond donors (Lipinski definition) is 1. The molecule has 0 amide bonds. The molecule has 1 unspecified atom stereocenters. The molecule has 0 aromatic heterocycles. The summed E-state index contributed by atoms with van der Waals surface area (Å²) in [6.07, 6.45) is 1.13. The van der Waals surface area contributed by atoms with E-state index in [4.69, 9.17) is 0 Å². The SMILES string of the molecule is CCN1CC(C)c2cccc(CCNC)c21. The van der Waals surface area contributed by atoms with Crippen molar-refractivity contribution in [3.63, 3.8) is 0 Å². The normalized spacial score (nSPS) is 18.9. The summed E-state index contributed by atoms with van der Waals surface area (Å²) in [6, 6.07) is 6.77. The topological polar surface area (TPSA) is 15.3 Å². The van der Waals surface area contributed by atoms with Crippen LogP contribution >= 0.6 is 0 Å². The highest BCUT2D eigenvalue weighted by Crippen LogP contribution is 2.38. The van der Waals surface area contributed by atoms with E-state index < -0.39 is 0 Å². The van der Waals surface area contributed by atoms with E-state index in [0.717, 1.165) is 19.5 Å². The molecule has 1 heterocycles. The number of fused-ring (bicyclic) bond motifs is 1. The van der Waals surface area contributed by atoms with Gasteiger partial charge in [0.2, 0.25) is 0 Å². The number of benzene rings is 1. The third kappa shape index (κ3) is 1.94. The molecule has 0 bridgehead atoms. The molecule has 1 atom stereocenters. The fourth-order valence-electron chi connectivity index (χ4n) is 2.66. The maximum absolute atomic E-state index is 3.23. The molecular formula is C14H22N2. The molecule has 2 rings (SSSR count). The number of para-hydroxylation sites is 1. The van der Waals surface area contributed by atoms with Crippen molar-refractivity contribution in [3.05, 3.63) is 29.3 Å². The Morgan fingerprint density at radius 3 is 2.94 bits per heavy atom. The van der Waals surface area contributed by atoms with Gasteiger partial charge >= 0.3 is 0 Å². The lowest BCUT2D eigenvalue weighted by Crippen LogP contribution is -2.22. The Kier molecular flexibility index (Phi) is 3.49. The number of anilines is 1. The summed E-state index contributed by atoms with van der Waals surface area (Å²) in [7, 11) is 2.02. The molecule has 1 aliphatic rings. The molecule has 0 saturated carbocycles. The zero-order valence-electron chi connectivity index (χ0n) is 10.6. The summed E-state index contributed by atoms with van der Waals surface area (Å²) in [5.74, 6) is 0.685. The minimum absolute atomic E-state index is 0.685. The third-order valence-electron chi connectivity index (χ3n) is 3.52. The van der Waals surface area contributed by atoms with Crippen molar-refractivity contribution in [2.75, 3.05) is 31.6 Å². The average Bonchev–Trinajstić information content (AvgIpc) is 2.64. The molecule has 0 spiro atoms. The quantitative estimate of drug-likeness (QED) is 0.835. The molecule has 16 heavy (non-hydrogen) atoms. The van der Waals surface area contributed by atoms with Gasteiger partial charge in [-0.1, -0.05) is 25.1 Å². The maximum atomic E-state index is 3.23. The van der Waals surface area contributed by atoms with Crippen molar-refractivity contribution in [2.24, 2.45) is 0 Å². The van der Waals surface area contributed by atoms with Crippen LogP contribution in [0.5, 0.6) is 0 Å². The van der Waals surface area contributed by atoms with E-state index in [1.165, 1.54) is 23.4 Å². The molecule has 1 aromatic carbocycles. The number of rotatable bonds is 4. The maximum Gasteiger partial charge on any atom is 0.0435 e. The van der Waals surface area contributed by atoms with Crippen molar-refractivity contribution in [2.45, 2.75) is 26.2 Å². The molecule has 1 aliphatic heterocycles. The van der Waals surface area contributed by atoms with Crippen molar-refractivity contribution >= 4 is 5.69 Å². The molecular weight excluding hydrogens is 196 g/mol. The van der Waals surface area contributed by atoms with Crippen molar-refractivity contribution < 1.29 is 0 Å². The lowest BCUT2D eigenvalue weighted by Gasteiger charge is -2.20. The Bertz CT molecular complexity index is 360. The van der Waals surface area contributed by atoms with Gasteiger partial charge in [-0.3, -0.25) is 0 Å². The van der Waals surface area contributed by atoms with Crippen LogP contribution < -0.4 is 10.2 Å². The number of nitrogens with zero attached hydrogens (tertiary/aromatic N) is 1. The third-order valence-corrected chi connectivity index (χ3v) is 3.52. The number of hydrogen-bond acceptors (Lipinski definition) is 2. The van der Waals surface area contributed by atoms with Crippen LogP contribution in [0.3, 0.4) is 0 Å². The predicted molar refractivity (Wildman–Crippen MR) is 70.4 cm³/mol. The van der Waals surface area contributed by atoms with Crippen LogP contribution in [0.2, 0.25) is 0 Å². The van der Waals surface area contributed by atoms with E-state index in [9.17, 15) is 0 Å². The van der Waals surface area contributed by atoms with Crippen molar-refractivity contribution in [1.29, 1.82) is 0 Å². The van der Waals surface area contributed by atoms with Crippen LogP contribution in [0.4, 0.5) is 5.69 Å². The number of likely N-dealkylation sites (N-methyl/N-ethyl adjacent to an activating group) is 2. The van der Waals surface area contributed by atoms with Crippen LogP contribution in [0, 0.1) is 0 Å². The lowest BCUT2D eigenvalue weighted by molar-refractivity contribution is 0.758. The van der Waals surface area contributed by atoms with Gasteiger partial charge in [0.05, 0.1) is 0 Å². The number of nitrogens with one attached hydrogen (secondary N) is 1. The zero-order valence-corrected chi connectivity index (χ0v) is 10.6. The van der Waals surface area contributed by atoms with E-state index in [0.29, 0.717) is 5.92 Å². The van der Waals surface area contributed by atoms with Gasteiger partial charge in [0.25, 0.3) is 0 Å². The van der Waals surface area contributed by atoms with Crippen molar-refractivity contribution in [1.82, 2.24) is 5.32 Å². The minimum Gasteiger partial charge on any atom is -0.371 e. The minimum atomic E-state index is 0.685. The highest BCUT2D eigenvalue weighted by atomic mass is 15.1. The van der Waals surface area contributed by atoms with E-state index >= 15 is 0 Å². The van der Waals surface area contributed by atoms with Gasteiger partial charge in [-0.15, -0.1) is 0 Å². The van der Waals surface area contributed by atoms with Crippen LogP contribution in [-0.4, -0.2) is 26.7 Å². The second kappa shape index (κ2) is 4.88. The Balaban J connectivity index is 2.33. The molecule has 1 aromatic rings. The Morgan fingerprint density at radius 2 is 2.25 bits per heavy atom. The van der Waals surface area contributed by atoms with E-state index in [1.54, 1.807) is 0 Å². The van der Waals surface area contributed by atoms with Crippen LogP contribution in [0.15, 0.2) is 18.2 Å². The fraction of sp³-hybridized carbons (Fsp3) is 0.571. The molecule has 2 nitrogen and oxygen atoms in total. The summed E-state index contributed by atoms with van der Waals surface area (Å²) in [5, 5.41) is 3.23. The fourth-order valence-corrected chi connectivity index (χ4v) is 2.66. The highest BCUT2D eigenvalue weighted by Gasteiger charge is 2.26. The van der Waals surface area contributed by atoms with Gasteiger partial charge in [-0.25, -0.2) is 0 Å². The molecule has 88 valence electrons. The standard InChI is InChI=1S/C14H22N2/c1-4-16-10-11(2)13-7-5-6-12(14(13)16)8-9-15-3/h5-7,11,15H,4,8-10H2,1-3H3. The first-order valence-electron chi connectivity index (χ1n) is 6.29.